The Labute approximate surface area is 206 Å². The van der Waals surface area contributed by atoms with E-state index < -0.39 is 0 Å². The van der Waals surface area contributed by atoms with Gasteiger partial charge in [-0.1, -0.05) is 0 Å². The van der Waals surface area contributed by atoms with Gasteiger partial charge in [0.1, 0.15) is 11.6 Å². The largest absolute Gasteiger partial charge is 0.361 e. The summed E-state index contributed by atoms with van der Waals surface area (Å²) in [6.45, 7) is 6.32. The first-order valence-corrected chi connectivity index (χ1v) is 11.2. The van der Waals surface area contributed by atoms with Crippen LogP contribution in [0.4, 0.5) is 10.2 Å². The molecular formula is C24H32FIN6. The molecule has 32 heavy (non-hydrogen) atoms. The van der Waals surface area contributed by atoms with E-state index in [0.29, 0.717) is 13.1 Å². The number of hydrogen-bond donors (Lipinski definition) is 3. The van der Waals surface area contributed by atoms with Gasteiger partial charge in [0.15, 0.2) is 5.96 Å². The molecule has 1 saturated heterocycles. The Morgan fingerprint density at radius 2 is 2.00 bits per heavy atom. The van der Waals surface area contributed by atoms with Gasteiger partial charge in [0.05, 0.1) is 6.54 Å². The second-order valence-corrected chi connectivity index (χ2v) is 7.95. The topological polar surface area (TPSA) is 68.3 Å². The van der Waals surface area contributed by atoms with Gasteiger partial charge in [-0.25, -0.2) is 14.4 Å². The first-order chi connectivity index (χ1) is 15.2. The first kappa shape index (κ1) is 24.3. The molecule has 0 saturated carbocycles. The van der Waals surface area contributed by atoms with E-state index in [1.54, 1.807) is 12.1 Å². The number of aromatic nitrogens is 2. The lowest BCUT2D eigenvalue weighted by molar-refractivity contribution is 0.573. The molecule has 6 nitrogen and oxygen atoms in total. The number of aliphatic imine (C=N–C) groups is 1. The minimum Gasteiger partial charge on any atom is -0.361 e. The first-order valence-electron chi connectivity index (χ1n) is 11.2. The number of hydrogen-bond acceptors (Lipinski definition) is 3. The Morgan fingerprint density at radius 1 is 1.16 bits per heavy atom. The van der Waals surface area contributed by atoms with Gasteiger partial charge in [-0.3, -0.25) is 0 Å². The molecule has 0 bridgehead atoms. The standard InChI is InChI=1S/C24H31FN6.HI/c1-2-26-24(28-11-9-19-17-29-22-7-6-20(25)15-21(19)22)30-16-18-8-10-27-23(14-18)31-12-4-3-5-13-31;/h6-8,10,14-15,17,29H,2-5,9,11-13,16H2,1H3,(H2,26,28,30);1H. The van der Waals surface area contributed by atoms with Crippen LogP contribution in [-0.4, -0.2) is 42.1 Å². The van der Waals surface area contributed by atoms with Gasteiger partial charge in [0.2, 0.25) is 0 Å². The van der Waals surface area contributed by atoms with Crippen molar-refractivity contribution in [2.45, 2.75) is 39.2 Å². The van der Waals surface area contributed by atoms with E-state index in [1.165, 1.54) is 25.3 Å². The Hall–Kier alpha value is -2.36. The van der Waals surface area contributed by atoms with Crippen LogP contribution < -0.4 is 15.5 Å². The van der Waals surface area contributed by atoms with Crippen molar-refractivity contribution < 1.29 is 4.39 Å². The number of anilines is 1. The summed E-state index contributed by atoms with van der Waals surface area (Å²) in [4.78, 5) is 14.9. The fourth-order valence-corrected chi connectivity index (χ4v) is 4.04. The van der Waals surface area contributed by atoms with Crippen molar-refractivity contribution in [1.29, 1.82) is 0 Å². The number of benzene rings is 1. The molecular weight excluding hydrogens is 518 g/mol. The third kappa shape index (κ3) is 6.34. The molecule has 1 aliphatic rings. The maximum Gasteiger partial charge on any atom is 0.191 e. The molecule has 0 aliphatic carbocycles. The van der Waals surface area contributed by atoms with Crippen molar-refractivity contribution >= 4 is 46.7 Å². The van der Waals surface area contributed by atoms with E-state index >= 15 is 0 Å². The van der Waals surface area contributed by atoms with Crippen LogP contribution in [0.5, 0.6) is 0 Å². The number of nitrogens with zero attached hydrogens (tertiary/aromatic N) is 3. The number of nitrogens with one attached hydrogen (secondary N) is 3. The predicted octanol–water partition coefficient (Wildman–Crippen LogP) is 4.61. The van der Waals surface area contributed by atoms with Crippen molar-refractivity contribution in [2.75, 3.05) is 31.1 Å². The zero-order valence-corrected chi connectivity index (χ0v) is 20.9. The third-order valence-electron chi connectivity index (χ3n) is 5.67. The van der Waals surface area contributed by atoms with Crippen LogP contribution in [0.2, 0.25) is 0 Å². The summed E-state index contributed by atoms with van der Waals surface area (Å²) in [5.74, 6) is 1.62. The highest BCUT2D eigenvalue weighted by molar-refractivity contribution is 14.0. The third-order valence-corrected chi connectivity index (χ3v) is 5.67. The van der Waals surface area contributed by atoms with Gasteiger partial charge in [0.25, 0.3) is 0 Å². The summed E-state index contributed by atoms with van der Waals surface area (Å²) in [6.07, 6.45) is 8.40. The smallest absolute Gasteiger partial charge is 0.191 e. The van der Waals surface area contributed by atoms with E-state index in [2.05, 4.69) is 38.5 Å². The number of aromatic amines is 1. The Balaban J connectivity index is 0.00000289. The van der Waals surface area contributed by atoms with Crippen LogP contribution in [-0.2, 0) is 13.0 Å². The van der Waals surface area contributed by atoms with Crippen LogP contribution >= 0.6 is 24.0 Å². The molecule has 172 valence electrons. The van der Waals surface area contributed by atoms with Gasteiger partial charge in [-0.15, -0.1) is 24.0 Å². The molecule has 8 heteroatoms. The average Bonchev–Trinajstić information content (AvgIpc) is 3.20. The highest BCUT2D eigenvalue weighted by Gasteiger charge is 2.12. The van der Waals surface area contributed by atoms with Crippen molar-refractivity contribution in [3.8, 4) is 0 Å². The van der Waals surface area contributed by atoms with Crippen molar-refractivity contribution in [1.82, 2.24) is 20.6 Å². The van der Waals surface area contributed by atoms with E-state index in [1.807, 2.05) is 18.5 Å². The summed E-state index contributed by atoms with van der Waals surface area (Å²) >= 11 is 0. The van der Waals surface area contributed by atoms with Gasteiger partial charge < -0.3 is 20.5 Å². The molecule has 0 amide bonds. The molecule has 2 aromatic heterocycles. The quantitative estimate of drug-likeness (QED) is 0.229. The lowest BCUT2D eigenvalue weighted by Crippen LogP contribution is -2.38. The normalized spacial score (nSPS) is 14.3. The van der Waals surface area contributed by atoms with Crippen molar-refractivity contribution in [2.24, 2.45) is 4.99 Å². The Kier molecular flexibility index (Phi) is 9.13. The minimum atomic E-state index is -0.211. The van der Waals surface area contributed by atoms with E-state index in [-0.39, 0.29) is 29.8 Å². The van der Waals surface area contributed by atoms with E-state index in [0.717, 1.165) is 59.9 Å². The monoisotopic (exact) mass is 550 g/mol. The summed E-state index contributed by atoms with van der Waals surface area (Å²) < 4.78 is 13.6. The molecule has 1 aromatic carbocycles. The maximum absolute atomic E-state index is 13.6. The number of fused-ring (bicyclic) bond motifs is 1. The van der Waals surface area contributed by atoms with Crippen LogP contribution in [0.15, 0.2) is 47.7 Å². The number of guanidine groups is 1. The van der Waals surface area contributed by atoms with Crippen molar-refractivity contribution in [3.05, 3.63) is 59.7 Å². The fraction of sp³-hybridized carbons (Fsp3) is 0.417. The number of piperidine rings is 1. The van der Waals surface area contributed by atoms with Crippen molar-refractivity contribution in [3.63, 3.8) is 0 Å². The number of pyridine rings is 1. The number of halogens is 2. The highest BCUT2D eigenvalue weighted by Crippen LogP contribution is 2.20. The summed E-state index contributed by atoms with van der Waals surface area (Å²) in [5.41, 5.74) is 3.21. The maximum atomic E-state index is 13.6. The number of H-pyrrole nitrogens is 1. The molecule has 3 aromatic rings. The summed E-state index contributed by atoms with van der Waals surface area (Å²) in [7, 11) is 0. The molecule has 0 radical (unpaired) electrons. The number of rotatable bonds is 7. The summed E-state index contributed by atoms with van der Waals surface area (Å²) in [6, 6.07) is 9.02. The molecule has 0 unspecified atom stereocenters. The predicted molar refractivity (Wildman–Crippen MR) is 140 cm³/mol. The Morgan fingerprint density at radius 3 is 2.81 bits per heavy atom. The van der Waals surface area contributed by atoms with Crippen LogP contribution in [0.25, 0.3) is 10.9 Å². The zero-order chi connectivity index (χ0) is 21.5. The molecule has 1 fully saturated rings. The highest BCUT2D eigenvalue weighted by atomic mass is 127. The second kappa shape index (κ2) is 12.0. The molecule has 3 N–H and O–H groups in total. The zero-order valence-electron chi connectivity index (χ0n) is 18.5. The molecule has 3 heterocycles. The Bertz CT molecular complexity index is 1030. The second-order valence-electron chi connectivity index (χ2n) is 7.95. The van der Waals surface area contributed by atoms with Gasteiger partial charge in [-0.05, 0) is 74.1 Å². The lowest BCUT2D eigenvalue weighted by Gasteiger charge is -2.27. The van der Waals surface area contributed by atoms with Gasteiger partial charge in [-0.2, -0.15) is 0 Å². The van der Waals surface area contributed by atoms with Crippen LogP contribution in [0, 0.1) is 5.82 Å². The molecule has 0 atom stereocenters. The average molecular weight is 550 g/mol. The van der Waals surface area contributed by atoms with E-state index in [9.17, 15) is 4.39 Å². The fourth-order valence-electron chi connectivity index (χ4n) is 4.04. The van der Waals surface area contributed by atoms with Crippen LogP contribution in [0.1, 0.15) is 37.3 Å². The molecule has 0 spiro atoms. The molecule has 4 rings (SSSR count). The minimum absolute atomic E-state index is 0. The van der Waals surface area contributed by atoms with E-state index in [4.69, 9.17) is 4.99 Å². The van der Waals surface area contributed by atoms with Gasteiger partial charge >= 0.3 is 0 Å². The summed E-state index contributed by atoms with van der Waals surface area (Å²) in [5, 5.41) is 7.63. The van der Waals surface area contributed by atoms with Gasteiger partial charge in [0, 0.05) is 49.5 Å². The lowest BCUT2D eigenvalue weighted by atomic mass is 10.1. The SMILES string of the molecule is CCNC(=NCc1ccnc(N2CCCCC2)c1)NCCc1c[nH]c2ccc(F)cc12.I. The molecule has 1 aliphatic heterocycles. The van der Waals surface area contributed by atoms with Crippen LogP contribution in [0.3, 0.4) is 0 Å².